The Morgan fingerprint density at radius 1 is 1.00 bits per heavy atom. The minimum atomic E-state index is -0.0239. The van der Waals surface area contributed by atoms with E-state index < -0.39 is 0 Å². The van der Waals surface area contributed by atoms with Crippen LogP contribution in [0.2, 0.25) is 0 Å². The van der Waals surface area contributed by atoms with Crippen LogP contribution in [0.15, 0.2) is 64.0 Å². The van der Waals surface area contributed by atoms with Crippen LogP contribution in [0.4, 0.5) is 0 Å². The lowest BCUT2D eigenvalue weighted by Crippen LogP contribution is -2.07. The van der Waals surface area contributed by atoms with Gasteiger partial charge in [0.1, 0.15) is 24.2 Å². The van der Waals surface area contributed by atoms with Gasteiger partial charge in [0.2, 0.25) is 5.43 Å². The predicted octanol–water partition coefficient (Wildman–Crippen LogP) is 3.87. The van der Waals surface area contributed by atoms with Gasteiger partial charge in [-0.1, -0.05) is 30.3 Å². The fourth-order valence-electron chi connectivity index (χ4n) is 2.61. The van der Waals surface area contributed by atoms with E-state index in [1.54, 1.807) is 6.07 Å². The zero-order chi connectivity index (χ0) is 14.2. The van der Waals surface area contributed by atoms with Crippen LogP contribution in [0, 0.1) is 0 Å². The molecule has 0 aliphatic carbocycles. The summed E-state index contributed by atoms with van der Waals surface area (Å²) in [7, 11) is 0. The van der Waals surface area contributed by atoms with Crippen LogP contribution in [0.1, 0.15) is 5.56 Å². The van der Waals surface area contributed by atoms with Crippen molar-refractivity contribution in [1.29, 1.82) is 0 Å². The van der Waals surface area contributed by atoms with Gasteiger partial charge < -0.3 is 9.15 Å². The van der Waals surface area contributed by atoms with Crippen LogP contribution in [0.5, 0.6) is 5.75 Å². The molecule has 0 radical (unpaired) electrons. The predicted molar refractivity (Wildman–Crippen MR) is 82.4 cm³/mol. The van der Waals surface area contributed by atoms with Crippen molar-refractivity contribution in [3.63, 3.8) is 0 Å². The maximum absolute atomic E-state index is 12.7. The molecule has 4 rings (SSSR count). The Morgan fingerprint density at radius 3 is 2.71 bits per heavy atom. The van der Waals surface area contributed by atoms with Gasteiger partial charge in [-0.25, -0.2) is 0 Å². The SMILES string of the molecule is O=c1c(-c2ccccc2)coc2c3c(ccc12)OCC=C3. The largest absolute Gasteiger partial charge is 0.489 e. The highest BCUT2D eigenvalue weighted by Crippen LogP contribution is 2.31. The van der Waals surface area contributed by atoms with Crippen molar-refractivity contribution >= 4 is 17.0 Å². The molecule has 3 aromatic rings. The van der Waals surface area contributed by atoms with Crippen molar-refractivity contribution in [2.75, 3.05) is 6.61 Å². The van der Waals surface area contributed by atoms with Crippen molar-refractivity contribution in [2.45, 2.75) is 0 Å². The smallest absolute Gasteiger partial charge is 0.200 e. The lowest BCUT2D eigenvalue weighted by atomic mass is 10.0. The molecule has 2 heterocycles. The lowest BCUT2D eigenvalue weighted by molar-refractivity contribution is 0.358. The second-order valence-corrected chi connectivity index (χ2v) is 4.91. The van der Waals surface area contributed by atoms with Gasteiger partial charge in [0.25, 0.3) is 0 Å². The normalized spacial score (nSPS) is 13.0. The molecule has 0 fully saturated rings. The number of benzene rings is 2. The van der Waals surface area contributed by atoms with E-state index in [1.807, 2.05) is 48.6 Å². The van der Waals surface area contributed by atoms with E-state index in [2.05, 4.69) is 0 Å². The van der Waals surface area contributed by atoms with Gasteiger partial charge in [-0.3, -0.25) is 4.79 Å². The standard InChI is InChI=1S/C18H12O3/c19-17-14-8-9-16-13(7-4-10-20-16)18(14)21-11-15(17)12-5-2-1-3-6-12/h1-9,11H,10H2. The summed E-state index contributed by atoms with van der Waals surface area (Å²) < 4.78 is 11.3. The maximum Gasteiger partial charge on any atom is 0.200 e. The van der Waals surface area contributed by atoms with Crippen molar-refractivity contribution in [2.24, 2.45) is 0 Å². The van der Waals surface area contributed by atoms with E-state index in [1.165, 1.54) is 6.26 Å². The molecular formula is C18H12O3. The molecule has 0 bridgehead atoms. The summed E-state index contributed by atoms with van der Waals surface area (Å²) in [5.74, 6) is 0.751. The molecule has 0 atom stereocenters. The van der Waals surface area contributed by atoms with E-state index in [4.69, 9.17) is 9.15 Å². The van der Waals surface area contributed by atoms with Crippen LogP contribution >= 0.6 is 0 Å². The number of rotatable bonds is 1. The van der Waals surface area contributed by atoms with Crippen molar-refractivity contribution in [3.05, 3.63) is 70.6 Å². The first-order valence-corrected chi connectivity index (χ1v) is 6.78. The van der Waals surface area contributed by atoms with Crippen molar-refractivity contribution in [1.82, 2.24) is 0 Å². The molecule has 0 saturated carbocycles. The van der Waals surface area contributed by atoms with E-state index in [0.29, 0.717) is 23.1 Å². The Kier molecular flexibility index (Phi) is 2.64. The first kappa shape index (κ1) is 12.0. The maximum atomic E-state index is 12.7. The minimum Gasteiger partial charge on any atom is -0.489 e. The highest BCUT2D eigenvalue weighted by Gasteiger charge is 2.15. The molecule has 2 aromatic carbocycles. The quantitative estimate of drug-likeness (QED) is 0.677. The summed E-state index contributed by atoms with van der Waals surface area (Å²) in [5, 5.41) is 0.574. The molecule has 0 amide bonds. The van der Waals surface area contributed by atoms with Crippen LogP contribution in [0.25, 0.3) is 28.2 Å². The molecular weight excluding hydrogens is 264 g/mol. The Morgan fingerprint density at radius 2 is 1.86 bits per heavy atom. The minimum absolute atomic E-state index is 0.0239. The van der Waals surface area contributed by atoms with Gasteiger partial charge in [-0.05, 0) is 29.8 Å². The summed E-state index contributed by atoms with van der Waals surface area (Å²) in [6.45, 7) is 0.546. The van der Waals surface area contributed by atoms with Crippen LogP contribution in [-0.4, -0.2) is 6.61 Å². The molecule has 0 unspecified atom stereocenters. The van der Waals surface area contributed by atoms with Gasteiger partial charge in [0.15, 0.2) is 0 Å². The second-order valence-electron chi connectivity index (χ2n) is 4.91. The molecule has 3 heteroatoms. The Bertz CT molecular complexity index is 905. The summed E-state index contributed by atoms with van der Waals surface area (Å²) in [6.07, 6.45) is 5.38. The fraction of sp³-hybridized carbons (Fsp3) is 0.0556. The second kappa shape index (κ2) is 4.63. The van der Waals surface area contributed by atoms with Gasteiger partial charge in [0.05, 0.1) is 16.5 Å². The zero-order valence-corrected chi connectivity index (χ0v) is 11.2. The number of fused-ring (bicyclic) bond motifs is 3. The average molecular weight is 276 g/mol. The van der Waals surface area contributed by atoms with Crippen molar-refractivity contribution < 1.29 is 9.15 Å². The molecule has 1 aromatic heterocycles. The number of hydrogen-bond donors (Lipinski definition) is 0. The first-order valence-electron chi connectivity index (χ1n) is 6.78. The summed E-state index contributed by atoms with van der Waals surface area (Å²) in [6, 6.07) is 13.1. The van der Waals surface area contributed by atoms with E-state index in [0.717, 1.165) is 16.9 Å². The van der Waals surface area contributed by atoms with Gasteiger partial charge in [0, 0.05) is 0 Å². The average Bonchev–Trinajstić information content (AvgIpc) is 2.56. The third-order valence-corrected chi connectivity index (χ3v) is 3.64. The molecule has 0 saturated heterocycles. The fourth-order valence-corrected chi connectivity index (χ4v) is 2.61. The molecule has 21 heavy (non-hydrogen) atoms. The van der Waals surface area contributed by atoms with E-state index >= 15 is 0 Å². The van der Waals surface area contributed by atoms with E-state index in [-0.39, 0.29) is 5.43 Å². The lowest BCUT2D eigenvalue weighted by Gasteiger charge is -2.13. The summed E-state index contributed by atoms with van der Waals surface area (Å²) >= 11 is 0. The number of hydrogen-bond acceptors (Lipinski definition) is 3. The summed E-state index contributed by atoms with van der Waals surface area (Å²) in [5.41, 5.74) is 2.81. The van der Waals surface area contributed by atoms with Gasteiger partial charge >= 0.3 is 0 Å². The first-order chi connectivity index (χ1) is 10.3. The molecule has 1 aliphatic heterocycles. The Labute approximate surface area is 121 Å². The molecule has 1 aliphatic rings. The van der Waals surface area contributed by atoms with E-state index in [9.17, 15) is 4.79 Å². The highest BCUT2D eigenvalue weighted by molar-refractivity contribution is 5.90. The van der Waals surface area contributed by atoms with Gasteiger partial charge in [-0.2, -0.15) is 0 Å². The van der Waals surface area contributed by atoms with Crippen LogP contribution in [-0.2, 0) is 0 Å². The third kappa shape index (κ3) is 1.86. The van der Waals surface area contributed by atoms with Crippen LogP contribution < -0.4 is 10.2 Å². The van der Waals surface area contributed by atoms with Crippen LogP contribution in [0.3, 0.4) is 0 Å². The Balaban J connectivity index is 2.02. The summed E-state index contributed by atoms with van der Waals surface area (Å²) in [4.78, 5) is 12.7. The Hall–Kier alpha value is -2.81. The molecule has 0 spiro atoms. The third-order valence-electron chi connectivity index (χ3n) is 3.64. The topological polar surface area (TPSA) is 39.4 Å². The number of ether oxygens (including phenoxy) is 1. The van der Waals surface area contributed by atoms with Crippen molar-refractivity contribution in [3.8, 4) is 16.9 Å². The molecule has 0 N–H and O–H groups in total. The zero-order valence-electron chi connectivity index (χ0n) is 11.2. The monoisotopic (exact) mass is 276 g/mol. The molecule has 102 valence electrons. The van der Waals surface area contributed by atoms with Gasteiger partial charge in [-0.15, -0.1) is 0 Å². The molecule has 3 nitrogen and oxygen atoms in total. The highest BCUT2D eigenvalue weighted by atomic mass is 16.5.